The van der Waals surface area contributed by atoms with Gasteiger partial charge in [-0.25, -0.2) is 0 Å². The molecule has 3 heteroatoms. The molecule has 0 spiro atoms. The molecule has 1 aliphatic heterocycles. The average Bonchev–Trinajstić information content (AvgIpc) is 3.16. The van der Waals surface area contributed by atoms with Gasteiger partial charge in [0.05, 0.1) is 0 Å². The first-order valence-corrected chi connectivity index (χ1v) is 11.8. The maximum atomic E-state index is 6.48. The number of hydrogen-bond donors (Lipinski definition) is 0. The molecule has 0 amide bonds. The van der Waals surface area contributed by atoms with Gasteiger partial charge in [-0.3, -0.25) is 0 Å². The predicted octanol–water partition coefficient (Wildman–Crippen LogP) is 5.85. The Morgan fingerprint density at radius 3 is 2.40 bits per heavy atom. The average molecular weight is 452 g/mol. The Hall–Kier alpha value is -3.26. The van der Waals surface area contributed by atoms with Gasteiger partial charge in [-0.05, 0) is 0 Å². The monoisotopic (exact) mass is 453 g/mol. The Balaban J connectivity index is 1.67. The first kappa shape index (κ1) is 17.6. The Bertz CT molecular complexity index is 1390. The molecule has 0 bridgehead atoms. The first-order chi connectivity index (χ1) is 14.8. The topological polar surface area (TPSA) is 16.4 Å². The molecule has 0 unspecified atom stereocenters. The van der Waals surface area contributed by atoms with E-state index in [1.54, 1.807) is 0 Å². The fourth-order valence-electron chi connectivity index (χ4n) is 4.14. The summed E-state index contributed by atoms with van der Waals surface area (Å²) in [5, 5.41) is 1.22. The molecule has 1 aromatic heterocycles. The van der Waals surface area contributed by atoms with Gasteiger partial charge in [0.15, 0.2) is 0 Å². The molecule has 0 aliphatic carbocycles. The number of para-hydroxylation sites is 2. The summed E-state index contributed by atoms with van der Waals surface area (Å²) in [6.45, 7) is 2.15. The van der Waals surface area contributed by atoms with E-state index in [0.717, 1.165) is 17.2 Å². The van der Waals surface area contributed by atoms with Crippen molar-refractivity contribution in [2.24, 2.45) is 0 Å². The number of hydrogen-bond acceptors (Lipinski definition) is 2. The zero-order valence-corrected chi connectivity index (χ0v) is 18.2. The molecule has 0 radical (unpaired) electrons. The van der Waals surface area contributed by atoms with E-state index in [1.807, 2.05) is 6.07 Å². The van der Waals surface area contributed by atoms with Crippen LogP contribution in [0.3, 0.4) is 0 Å². The second kappa shape index (κ2) is 6.91. The minimum atomic E-state index is 0.201. The minimum absolute atomic E-state index is 0.201. The van der Waals surface area contributed by atoms with E-state index in [2.05, 4.69) is 103 Å². The molecule has 0 fully saturated rings. The fraction of sp³-hybridized carbons (Fsp3) is 0.0370. The van der Waals surface area contributed by atoms with Gasteiger partial charge in [-0.2, -0.15) is 0 Å². The summed E-state index contributed by atoms with van der Waals surface area (Å²) >= 11 is 0.201. The van der Waals surface area contributed by atoms with Gasteiger partial charge in [-0.15, -0.1) is 0 Å². The number of fused-ring (bicyclic) bond motifs is 4. The standard InChI is InChI=1S/C27H19NOSe/c1-18-15-16-22(21(17-18)19-9-3-2-4-10-19)28-23-12-6-8-14-25(23)30-26-20-11-5-7-13-24(20)29-27(26)28/h2-17H,1H3. The van der Waals surface area contributed by atoms with Crippen LogP contribution in [0.5, 0.6) is 0 Å². The molecule has 0 atom stereocenters. The van der Waals surface area contributed by atoms with Crippen molar-refractivity contribution in [1.82, 2.24) is 0 Å². The molecule has 1 aliphatic rings. The van der Waals surface area contributed by atoms with E-state index >= 15 is 0 Å². The van der Waals surface area contributed by atoms with E-state index in [1.165, 1.54) is 36.7 Å². The van der Waals surface area contributed by atoms with Crippen LogP contribution in [0.4, 0.5) is 17.3 Å². The third-order valence-corrected chi connectivity index (χ3v) is 7.97. The van der Waals surface area contributed by atoms with Crippen LogP contribution in [0.25, 0.3) is 22.1 Å². The molecular weight excluding hydrogens is 433 g/mol. The molecule has 0 saturated heterocycles. The summed E-state index contributed by atoms with van der Waals surface area (Å²) in [5.74, 6) is 0.955. The summed E-state index contributed by atoms with van der Waals surface area (Å²) in [4.78, 5) is 2.32. The first-order valence-electron chi connectivity index (χ1n) is 10.0. The van der Waals surface area contributed by atoms with Crippen molar-refractivity contribution in [3.63, 3.8) is 0 Å². The Labute approximate surface area is 181 Å². The zero-order valence-electron chi connectivity index (χ0n) is 16.5. The number of anilines is 3. The van der Waals surface area contributed by atoms with Gasteiger partial charge in [-0.1, -0.05) is 0 Å². The molecule has 2 heterocycles. The number of rotatable bonds is 2. The van der Waals surface area contributed by atoms with Gasteiger partial charge in [0.2, 0.25) is 0 Å². The Kier molecular flexibility index (Phi) is 4.05. The summed E-state index contributed by atoms with van der Waals surface area (Å²) in [6.07, 6.45) is 0. The van der Waals surface area contributed by atoms with Crippen molar-refractivity contribution in [2.75, 3.05) is 4.90 Å². The molecular formula is C27H19NOSe. The number of nitrogens with zero attached hydrogens (tertiary/aromatic N) is 1. The zero-order chi connectivity index (χ0) is 20.1. The molecule has 0 N–H and O–H groups in total. The number of benzene rings is 4. The SMILES string of the molecule is Cc1ccc(N2c3ccccc3[Se]c3c2oc2ccccc32)c(-c2ccccc2)c1. The van der Waals surface area contributed by atoms with E-state index in [0.29, 0.717) is 0 Å². The van der Waals surface area contributed by atoms with Gasteiger partial charge in [0, 0.05) is 0 Å². The maximum absolute atomic E-state index is 6.48. The Morgan fingerprint density at radius 1 is 0.733 bits per heavy atom. The van der Waals surface area contributed by atoms with Crippen molar-refractivity contribution in [2.45, 2.75) is 6.92 Å². The van der Waals surface area contributed by atoms with E-state index in [-0.39, 0.29) is 15.0 Å². The quantitative estimate of drug-likeness (QED) is 0.307. The molecule has 5 aromatic rings. The van der Waals surface area contributed by atoms with Crippen LogP contribution in [0.2, 0.25) is 0 Å². The van der Waals surface area contributed by atoms with Crippen molar-refractivity contribution in [3.8, 4) is 11.1 Å². The molecule has 0 saturated carbocycles. The van der Waals surface area contributed by atoms with Gasteiger partial charge < -0.3 is 0 Å². The normalized spacial score (nSPS) is 12.6. The van der Waals surface area contributed by atoms with Crippen molar-refractivity contribution >= 4 is 52.1 Å². The molecule has 4 aromatic carbocycles. The van der Waals surface area contributed by atoms with Crippen LogP contribution in [0, 0.1) is 6.92 Å². The van der Waals surface area contributed by atoms with E-state index < -0.39 is 0 Å². The summed E-state index contributed by atoms with van der Waals surface area (Å²) in [5.41, 5.74) is 6.99. The summed E-state index contributed by atoms with van der Waals surface area (Å²) < 4.78 is 9.17. The second-order valence-corrected chi connectivity index (χ2v) is 9.73. The number of furan rings is 1. The third-order valence-electron chi connectivity index (χ3n) is 5.53. The third kappa shape index (κ3) is 2.71. The molecule has 144 valence electrons. The Morgan fingerprint density at radius 2 is 1.50 bits per heavy atom. The van der Waals surface area contributed by atoms with Crippen LogP contribution in [0.1, 0.15) is 5.56 Å². The summed E-state index contributed by atoms with van der Waals surface area (Å²) in [6, 6.07) is 34.4. The van der Waals surface area contributed by atoms with Crippen LogP contribution < -0.4 is 13.8 Å². The van der Waals surface area contributed by atoms with Crippen LogP contribution >= 0.6 is 0 Å². The van der Waals surface area contributed by atoms with E-state index in [9.17, 15) is 0 Å². The van der Waals surface area contributed by atoms with Crippen molar-refractivity contribution in [1.29, 1.82) is 0 Å². The van der Waals surface area contributed by atoms with Crippen LogP contribution in [0.15, 0.2) is 101 Å². The van der Waals surface area contributed by atoms with Crippen molar-refractivity contribution in [3.05, 3.63) is 103 Å². The van der Waals surface area contributed by atoms with Crippen LogP contribution in [-0.4, -0.2) is 15.0 Å². The fourth-order valence-corrected chi connectivity index (χ4v) is 6.50. The van der Waals surface area contributed by atoms with Crippen LogP contribution in [-0.2, 0) is 0 Å². The van der Waals surface area contributed by atoms with Gasteiger partial charge >= 0.3 is 182 Å². The van der Waals surface area contributed by atoms with E-state index in [4.69, 9.17) is 4.42 Å². The molecule has 6 rings (SSSR count). The second-order valence-electron chi connectivity index (χ2n) is 7.52. The molecule has 30 heavy (non-hydrogen) atoms. The predicted molar refractivity (Wildman–Crippen MR) is 126 cm³/mol. The number of aryl methyl sites for hydroxylation is 1. The van der Waals surface area contributed by atoms with Crippen molar-refractivity contribution < 1.29 is 4.42 Å². The molecule has 2 nitrogen and oxygen atoms in total. The van der Waals surface area contributed by atoms with Gasteiger partial charge in [0.1, 0.15) is 0 Å². The van der Waals surface area contributed by atoms with Gasteiger partial charge in [0.25, 0.3) is 0 Å². The summed E-state index contributed by atoms with van der Waals surface area (Å²) in [7, 11) is 0.